The fraction of sp³-hybridized carbons (Fsp3) is 0.677. The Kier molecular flexibility index (Phi) is 12.0. The predicted molar refractivity (Wildman–Crippen MR) is 159 cm³/mol. The molecule has 0 aliphatic heterocycles. The van der Waals surface area contributed by atoms with Gasteiger partial charge in [0.2, 0.25) is 0 Å². The van der Waals surface area contributed by atoms with E-state index in [1.54, 1.807) is 4.63 Å². The van der Waals surface area contributed by atoms with E-state index in [0.717, 1.165) is 17.8 Å². The molecule has 0 spiro atoms. The number of fused-ring (bicyclic) bond motifs is 1. The van der Waals surface area contributed by atoms with Crippen LogP contribution in [0.2, 0.25) is 5.02 Å². The first kappa shape index (κ1) is 29.7. The molecule has 0 radical (unpaired) electrons. The number of halogens is 1. The van der Waals surface area contributed by atoms with Gasteiger partial charge in [0, 0.05) is 17.5 Å². The minimum atomic E-state index is -0.0852. The Morgan fingerprint density at radius 2 is 1.35 bits per heavy atom. The van der Waals surface area contributed by atoms with Crippen LogP contribution in [0.1, 0.15) is 123 Å². The third-order valence-electron chi connectivity index (χ3n) is 7.26. The number of aromatic amines is 1. The minimum Gasteiger partial charge on any atom is -0.299 e. The first-order chi connectivity index (χ1) is 17.8. The van der Waals surface area contributed by atoms with Gasteiger partial charge in [-0.3, -0.25) is 10.00 Å². The van der Waals surface area contributed by atoms with Crippen LogP contribution in [0.25, 0.3) is 17.0 Å². The highest BCUT2D eigenvalue weighted by molar-refractivity contribution is 6.34. The van der Waals surface area contributed by atoms with Crippen molar-refractivity contribution in [3.63, 3.8) is 0 Å². The molecule has 1 aromatic carbocycles. The summed E-state index contributed by atoms with van der Waals surface area (Å²) in [5, 5.41) is 8.63. The van der Waals surface area contributed by atoms with Crippen LogP contribution in [0.5, 0.6) is 0 Å². The minimum absolute atomic E-state index is 0.0852. The van der Waals surface area contributed by atoms with Crippen molar-refractivity contribution in [3.05, 3.63) is 40.5 Å². The SMILES string of the molecule is CCCCCCCCN(CCCCCCCC)Cc1ccc(-c2nc3c(Cl)c(C(C)(C)C)[nH]n3n2)cc1. The molecular weight excluding hydrogens is 478 g/mol. The van der Waals surface area contributed by atoms with Crippen LogP contribution in [0.3, 0.4) is 0 Å². The fourth-order valence-corrected chi connectivity index (χ4v) is 5.39. The molecule has 3 rings (SSSR count). The van der Waals surface area contributed by atoms with Gasteiger partial charge >= 0.3 is 0 Å². The van der Waals surface area contributed by atoms with E-state index in [-0.39, 0.29) is 5.41 Å². The molecular formula is C31H50ClN5. The van der Waals surface area contributed by atoms with E-state index in [9.17, 15) is 0 Å². The number of aromatic nitrogens is 4. The number of hydrogen-bond donors (Lipinski definition) is 1. The first-order valence-corrected chi connectivity index (χ1v) is 15.2. The van der Waals surface area contributed by atoms with E-state index in [0.29, 0.717) is 16.5 Å². The summed E-state index contributed by atoms with van der Waals surface area (Å²) in [6.07, 6.45) is 16.2. The van der Waals surface area contributed by atoms with Gasteiger partial charge in [0.15, 0.2) is 11.5 Å². The third-order valence-corrected chi connectivity index (χ3v) is 7.62. The van der Waals surface area contributed by atoms with Crippen molar-refractivity contribution >= 4 is 17.2 Å². The zero-order valence-corrected chi connectivity index (χ0v) is 24.8. The maximum Gasteiger partial charge on any atom is 0.194 e. The maximum absolute atomic E-state index is 6.62. The number of H-pyrrole nitrogens is 1. The van der Waals surface area contributed by atoms with Crippen LogP contribution in [0, 0.1) is 0 Å². The molecule has 2 aromatic heterocycles. The summed E-state index contributed by atoms with van der Waals surface area (Å²) in [4.78, 5) is 7.39. The lowest BCUT2D eigenvalue weighted by Gasteiger charge is -2.22. The zero-order chi connectivity index (χ0) is 26.7. The summed E-state index contributed by atoms with van der Waals surface area (Å²) >= 11 is 6.62. The van der Waals surface area contributed by atoms with Gasteiger partial charge in [0.05, 0.1) is 5.69 Å². The molecule has 5 nitrogen and oxygen atoms in total. The predicted octanol–water partition coefficient (Wildman–Crippen LogP) is 9.20. The van der Waals surface area contributed by atoms with Crippen LogP contribution in [0.15, 0.2) is 24.3 Å². The second-order valence-electron chi connectivity index (χ2n) is 11.7. The molecule has 3 aromatic rings. The second-order valence-corrected chi connectivity index (χ2v) is 12.1. The second kappa shape index (κ2) is 14.9. The third kappa shape index (κ3) is 9.14. The van der Waals surface area contributed by atoms with Gasteiger partial charge in [-0.25, -0.2) is 4.98 Å². The molecule has 0 saturated carbocycles. The zero-order valence-electron chi connectivity index (χ0n) is 24.1. The number of nitrogens with one attached hydrogen (secondary N) is 1. The summed E-state index contributed by atoms with van der Waals surface area (Å²) in [6, 6.07) is 8.78. The van der Waals surface area contributed by atoms with Crippen molar-refractivity contribution in [2.45, 2.75) is 124 Å². The van der Waals surface area contributed by atoms with Gasteiger partial charge < -0.3 is 0 Å². The summed E-state index contributed by atoms with van der Waals surface area (Å²) in [5.41, 5.74) is 3.95. The highest BCUT2D eigenvalue weighted by Gasteiger charge is 2.24. The Balaban J connectivity index is 1.59. The van der Waals surface area contributed by atoms with Gasteiger partial charge in [0.1, 0.15) is 5.02 Å². The molecule has 0 amide bonds. The molecule has 0 aliphatic rings. The van der Waals surface area contributed by atoms with E-state index in [4.69, 9.17) is 16.6 Å². The lowest BCUT2D eigenvalue weighted by Crippen LogP contribution is -2.25. The summed E-state index contributed by atoms with van der Waals surface area (Å²) in [7, 11) is 0. The molecule has 6 heteroatoms. The Morgan fingerprint density at radius 3 is 1.86 bits per heavy atom. The lowest BCUT2D eigenvalue weighted by atomic mass is 9.92. The molecule has 0 unspecified atom stereocenters. The molecule has 0 bridgehead atoms. The lowest BCUT2D eigenvalue weighted by molar-refractivity contribution is 0.252. The van der Waals surface area contributed by atoms with Gasteiger partial charge in [-0.1, -0.05) is 135 Å². The van der Waals surface area contributed by atoms with E-state index in [2.05, 4.69) is 74.0 Å². The van der Waals surface area contributed by atoms with Crippen molar-refractivity contribution in [1.82, 2.24) is 24.7 Å². The Morgan fingerprint density at radius 1 is 0.811 bits per heavy atom. The Hall–Kier alpha value is -1.85. The molecule has 206 valence electrons. The van der Waals surface area contributed by atoms with Gasteiger partial charge in [-0.2, -0.15) is 4.63 Å². The normalized spacial score (nSPS) is 12.3. The van der Waals surface area contributed by atoms with Gasteiger partial charge in [-0.05, 0) is 31.5 Å². The van der Waals surface area contributed by atoms with Crippen molar-refractivity contribution in [2.24, 2.45) is 0 Å². The Labute approximate surface area is 230 Å². The number of nitrogens with zero attached hydrogens (tertiary/aromatic N) is 4. The van der Waals surface area contributed by atoms with Crippen molar-refractivity contribution in [2.75, 3.05) is 13.1 Å². The van der Waals surface area contributed by atoms with Gasteiger partial charge in [-0.15, -0.1) is 5.10 Å². The van der Waals surface area contributed by atoms with Crippen molar-refractivity contribution < 1.29 is 0 Å². The molecule has 2 heterocycles. The average molecular weight is 528 g/mol. The van der Waals surface area contributed by atoms with Crippen LogP contribution in [-0.4, -0.2) is 37.8 Å². The summed E-state index contributed by atoms with van der Waals surface area (Å²) < 4.78 is 1.70. The first-order valence-electron chi connectivity index (χ1n) is 14.8. The highest BCUT2D eigenvalue weighted by atomic mass is 35.5. The van der Waals surface area contributed by atoms with E-state index >= 15 is 0 Å². The number of benzene rings is 1. The number of rotatable bonds is 17. The molecule has 37 heavy (non-hydrogen) atoms. The fourth-order valence-electron chi connectivity index (χ4n) is 4.94. The van der Waals surface area contributed by atoms with Crippen molar-refractivity contribution in [1.29, 1.82) is 0 Å². The maximum atomic E-state index is 6.62. The van der Waals surface area contributed by atoms with Crippen LogP contribution in [-0.2, 0) is 12.0 Å². The number of hydrogen-bond acceptors (Lipinski definition) is 3. The molecule has 1 N–H and O–H groups in total. The monoisotopic (exact) mass is 527 g/mol. The molecule has 0 atom stereocenters. The smallest absolute Gasteiger partial charge is 0.194 e. The van der Waals surface area contributed by atoms with E-state index < -0.39 is 0 Å². The van der Waals surface area contributed by atoms with Gasteiger partial charge in [0.25, 0.3) is 0 Å². The Bertz CT molecular complexity index is 1030. The molecule has 0 fully saturated rings. The average Bonchev–Trinajstić information content (AvgIpc) is 3.43. The van der Waals surface area contributed by atoms with Crippen LogP contribution < -0.4 is 0 Å². The summed E-state index contributed by atoms with van der Waals surface area (Å²) in [5.74, 6) is 0.705. The number of unbranched alkanes of at least 4 members (excludes halogenated alkanes) is 10. The highest BCUT2D eigenvalue weighted by Crippen LogP contribution is 2.31. The van der Waals surface area contributed by atoms with Crippen LogP contribution >= 0.6 is 11.6 Å². The summed E-state index contributed by atoms with van der Waals surface area (Å²) in [6.45, 7) is 14.4. The van der Waals surface area contributed by atoms with E-state index in [1.807, 2.05) is 0 Å². The van der Waals surface area contributed by atoms with Crippen LogP contribution in [0.4, 0.5) is 0 Å². The molecule has 0 saturated heterocycles. The largest absolute Gasteiger partial charge is 0.299 e. The van der Waals surface area contributed by atoms with Crippen molar-refractivity contribution in [3.8, 4) is 11.4 Å². The van der Waals surface area contributed by atoms with E-state index in [1.165, 1.54) is 95.7 Å². The molecule has 0 aliphatic carbocycles. The quantitative estimate of drug-likeness (QED) is 0.178. The topological polar surface area (TPSA) is 49.2 Å². The standard InChI is InChI=1S/C31H50ClN5/c1-6-8-10-12-14-16-22-36(23-17-15-13-11-9-7-2)24-25-18-20-26(21-19-25)29-33-30-27(32)28(31(3,4)5)34-37(30)35-29/h18-21,34H,6-17,22-24H2,1-5H3.